The Bertz CT molecular complexity index is 997. The number of methoxy groups -OCH3 is 1. The highest BCUT2D eigenvalue weighted by molar-refractivity contribution is 5.98. The van der Waals surface area contributed by atoms with Crippen molar-refractivity contribution < 1.29 is 19.1 Å². The van der Waals surface area contributed by atoms with Crippen molar-refractivity contribution in [2.75, 3.05) is 7.11 Å². The maximum Gasteiger partial charge on any atom is 0.340 e. The maximum absolute atomic E-state index is 12.8. The van der Waals surface area contributed by atoms with Crippen LogP contribution >= 0.6 is 0 Å². The quantitative estimate of drug-likeness (QED) is 0.679. The first-order valence-corrected chi connectivity index (χ1v) is 8.44. The highest BCUT2D eigenvalue weighted by atomic mass is 16.5. The molecule has 0 aliphatic carbocycles. The Kier molecular flexibility index (Phi) is 5.47. The summed E-state index contributed by atoms with van der Waals surface area (Å²) in [4.78, 5) is 28.4. The zero-order valence-corrected chi connectivity index (χ0v) is 15.2. The summed E-state index contributed by atoms with van der Waals surface area (Å²) >= 11 is 0. The fourth-order valence-electron chi connectivity index (χ4n) is 2.94. The van der Waals surface area contributed by atoms with E-state index in [9.17, 15) is 9.59 Å². The molecular weight excluding hydrogens is 344 g/mol. The standard InChI is InChI=1S/C21H20N2O4/c1-13-16-5-3-4-6-17(16)23-18(12-26-2)19(13)21(25)27-11-14-7-9-15(10-8-14)20(22)24/h3-10H,11-12H2,1-2H3,(H2,22,24). The third kappa shape index (κ3) is 3.96. The summed E-state index contributed by atoms with van der Waals surface area (Å²) in [6, 6.07) is 14.2. The number of primary amides is 1. The molecule has 0 unspecified atom stereocenters. The molecule has 27 heavy (non-hydrogen) atoms. The van der Waals surface area contributed by atoms with Crippen LogP contribution in [0.2, 0.25) is 0 Å². The van der Waals surface area contributed by atoms with Crippen LogP contribution in [0.25, 0.3) is 10.9 Å². The molecule has 6 heteroatoms. The molecule has 0 saturated carbocycles. The van der Waals surface area contributed by atoms with E-state index >= 15 is 0 Å². The van der Waals surface area contributed by atoms with E-state index in [0.29, 0.717) is 16.8 Å². The predicted octanol–water partition coefficient (Wildman–Crippen LogP) is 3.15. The van der Waals surface area contributed by atoms with Crippen molar-refractivity contribution in [1.82, 2.24) is 4.98 Å². The topological polar surface area (TPSA) is 91.5 Å². The van der Waals surface area contributed by atoms with E-state index in [1.165, 1.54) is 0 Å². The Morgan fingerprint density at radius 2 is 1.74 bits per heavy atom. The van der Waals surface area contributed by atoms with Crippen LogP contribution in [0.1, 0.15) is 37.5 Å². The number of aryl methyl sites for hydroxylation is 1. The molecule has 1 aromatic heterocycles. The van der Waals surface area contributed by atoms with Crippen molar-refractivity contribution in [3.05, 3.63) is 76.5 Å². The Morgan fingerprint density at radius 3 is 2.41 bits per heavy atom. The Labute approximate surface area is 156 Å². The highest BCUT2D eigenvalue weighted by Gasteiger charge is 2.20. The van der Waals surface area contributed by atoms with Crippen molar-refractivity contribution in [1.29, 1.82) is 0 Å². The van der Waals surface area contributed by atoms with Gasteiger partial charge < -0.3 is 15.2 Å². The van der Waals surface area contributed by atoms with E-state index in [-0.39, 0.29) is 13.2 Å². The van der Waals surface area contributed by atoms with E-state index in [2.05, 4.69) is 4.98 Å². The number of esters is 1. The summed E-state index contributed by atoms with van der Waals surface area (Å²) in [5, 5.41) is 0.898. The number of carbonyl (C=O) groups excluding carboxylic acids is 2. The van der Waals surface area contributed by atoms with Gasteiger partial charge in [-0.2, -0.15) is 0 Å². The first-order valence-electron chi connectivity index (χ1n) is 8.44. The summed E-state index contributed by atoms with van der Waals surface area (Å²) in [6.07, 6.45) is 0. The van der Waals surface area contributed by atoms with Gasteiger partial charge in [-0.05, 0) is 36.2 Å². The average Bonchev–Trinajstić information content (AvgIpc) is 2.67. The second-order valence-corrected chi connectivity index (χ2v) is 6.15. The number of rotatable bonds is 6. The third-order valence-electron chi connectivity index (χ3n) is 4.32. The smallest absolute Gasteiger partial charge is 0.340 e. The monoisotopic (exact) mass is 364 g/mol. The molecule has 1 heterocycles. The largest absolute Gasteiger partial charge is 0.457 e. The molecule has 0 saturated heterocycles. The van der Waals surface area contributed by atoms with Gasteiger partial charge in [-0.3, -0.25) is 4.79 Å². The number of pyridine rings is 1. The first-order chi connectivity index (χ1) is 13.0. The summed E-state index contributed by atoms with van der Waals surface area (Å²) in [7, 11) is 1.56. The van der Waals surface area contributed by atoms with Gasteiger partial charge >= 0.3 is 5.97 Å². The number of benzene rings is 2. The fourth-order valence-corrected chi connectivity index (χ4v) is 2.94. The Morgan fingerprint density at radius 1 is 1.04 bits per heavy atom. The number of carbonyl (C=O) groups is 2. The molecule has 0 atom stereocenters. The van der Waals surface area contributed by atoms with E-state index < -0.39 is 11.9 Å². The lowest BCUT2D eigenvalue weighted by molar-refractivity contribution is 0.0466. The van der Waals surface area contributed by atoms with Gasteiger partial charge in [0.15, 0.2) is 0 Å². The number of nitrogens with two attached hydrogens (primary N) is 1. The van der Waals surface area contributed by atoms with Gasteiger partial charge in [0, 0.05) is 18.1 Å². The number of amides is 1. The molecule has 3 rings (SSSR count). The van der Waals surface area contributed by atoms with Crippen molar-refractivity contribution in [2.24, 2.45) is 5.73 Å². The van der Waals surface area contributed by atoms with Crippen LogP contribution in [-0.2, 0) is 22.7 Å². The molecular formula is C21H20N2O4. The number of nitrogens with zero attached hydrogens (tertiary/aromatic N) is 1. The normalized spacial score (nSPS) is 10.7. The van der Waals surface area contributed by atoms with Crippen LogP contribution in [0.5, 0.6) is 0 Å². The molecule has 0 bridgehead atoms. The van der Waals surface area contributed by atoms with Gasteiger partial charge in [-0.25, -0.2) is 9.78 Å². The van der Waals surface area contributed by atoms with Crippen LogP contribution in [0.3, 0.4) is 0 Å². The predicted molar refractivity (Wildman–Crippen MR) is 101 cm³/mol. The van der Waals surface area contributed by atoms with Gasteiger partial charge in [0.1, 0.15) is 6.61 Å². The highest BCUT2D eigenvalue weighted by Crippen LogP contribution is 2.24. The zero-order valence-electron chi connectivity index (χ0n) is 15.2. The van der Waals surface area contributed by atoms with E-state index in [1.807, 2.05) is 31.2 Å². The molecule has 0 spiro atoms. The zero-order chi connectivity index (χ0) is 19.4. The Balaban J connectivity index is 1.87. The molecule has 138 valence electrons. The van der Waals surface area contributed by atoms with Crippen LogP contribution in [-0.4, -0.2) is 24.0 Å². The number of ether oxygens (including phenoxy) is 2. The molecule has 0 radical (unpaired) electrons. The number of para-hydroxylation sites is 1. The van der Waals surface area contributed by atoms with Gasteiger partial charge in [-0.1, -0.05) is 30.3 Å². The molecule has 6 nitrogen and oxygen atoms in total. The molecule has 0 fully saturated rings. The number of hydrogen-bond donors (Lipinski definition) is 1. The van der Waals surface area contributed by atoms with Gasteiger partial charge in [0.05, 0.1) is 23.4 Å². The average molecular weight is 364 g/mol. The molecule has 2 aromatic carbocycles. The Hall–Kier alpha value is -3.25. The van der Waals surface area contributed by atoms with Gasteiger partial charge in [-0.15, -0.1) is 0 Å². The van der Waals surface area contributed by atoms with Crippen molar-refractivity contribution in [3.63, 3.8) is 0 Å². The third-order valence-corrected chi connectivity index (χ3v) is 4.32. The lowest BCUT2D eigenvalue weighted by Crippen LogP contribution is -2.14. The molecule has 1 amide bonds. The minimum atomic E-state index is -0.499. The minimum absolute atomic E-state index is 0.0799. The van der Waals surface area contributed by atoms with E-state index in [4.69, 9.17) is 15.2 Å². The van der Waals surface area contributed by atoms with Crippen LogP contribution in [0.15, 0.2) is 48.5 Å². The maximum atomic E-state index is 12.8. The summed E-state index contributed by atoms with van der Waals surface area (Å²) in [5.41, 5.74) is 8.97. The SMILES string of the molecule is COCc1nc2ccccc2c(C)c1C(=O)OCc1ccc(C(N)=O)cc1. The number of hydrogen-bond acceptors (Lipinski definition) is 5. The minimum Gasteiger partial charge on any atom is -0.457 e. The first kappa shape index (κ1) is 18.5. The second-order valence-electron chi connectivity index (χ2n) is 6.15. The van der Waals surface area contributed by atoms with Gasteiger partial charge in [0.25, 0.3) is 0 Å². The summed E-state index contributed by atoms with van der Waals surface area (Å²) in [5.74, 6) is -0.961. The van der Waals surface area contributed by atoms with Crippen LogP contribution in [0, 0.1) is 6.92 Å². The molecule has 0 aliphatic heterocycles. The van der Waals surface area contributed by atoms with Crippen molar-refractivity contribution >= 4 is 22.8 Å². The molecule has 2 N–H and O–H groups in total. The lowest BCUT2D eigenvalue weighted by atomic mass is 10.0. The molecule has 3 aromatic rings. The lowest BCUT2D eigenvalue weighted by Gasteiger charge is -2.14. The molecule has 0 aliphatic rings. The fraction of sp³-hybridized carbons (Fsp3) is 0.190. The van der Waals surface area contributed by atoms with Gasteiger partial charge in [0.2, 0.25) is 5.91 Å². The number of fused-ring (bicyclic) bond motifs is 1. The van der Waals surface area contributed by atoms with E-state index in [1.54, 1.807) is 31.4 Å². The van der Waals surface area contributed by atoms with Crippen LogP contribution < -0.4 is 5.73 Å². The summed E-state index contributed by atoms with van der Waals surface area (Å²) < 4.78 is 10.7. The summed E-state index contributed by atoms with van der Waals surface area (Å²) in [6.45, 7) is 2.17. The van der Waals surface area contributed by atoms with Crippen molar-refractivity contribution in [3.8, 4) is 0 Å². The number of aromatic nitrogens is 1. The van der Waals surface area contributed by atoms with Crippen molar-refractivity contribution in [2.45, 2.75) is 20.1 Å². The van der Waals surface area contributed by atoms with E-state index in [0.717, 1.165) is 22.0 Å². The second kappa shape index (κ2) is 7.97. The van der Waals surface area contributed by atoms with Crippen LogP contribution in [0.4, 0.5) is 0 Å².